The summed E-state index contributed by atoms with van der Waals surface area (Å²) in [5.41, 5.74) is 16.4. The fourth-order valence-corrected chi connectivity index (χ4v) is 8.87. The highest BCUT2D eigenvalue weighted by Gasteiger charge is 2.18. The molecule has 63 heavy (non-hydrogen) atoms. The molecule has 0 saturated heterocycles. The highest BCUT2D eigenvalue weighted by atomic mass is 16.3. The average molecular weight is 804 g/mol. The number of fused-ring (bicyclic) bond motifs is 7. The van der Waals surface area contributed by atoms with Gasteiger partial charge in [-0.25, -0.2) is 15.0 Å². The van der Waals surface area contributed by atoms with Crippen molar-refractivity contribution < 1.29 is 4.42 Å². The predicted molar refractivity (Wildman–Crippen MR) is 260 cm³/mol. The molecule has 0 fully saturated rings. The molecule has 0 aliphatic rings. The molecule has 4 nitrogen and oxygen atoms in total. The van der Waals surface area contributed by atoms with Gasteiger partial charge in [0, 0.05) is 49.2 Å². The van der Waals surface area contributed by atoms with Gasteiger partial charge in [-0.05, 0) is 57.6 Å². The van der Waals surface area contributed by atoms with Gasteiger partial charge < -0.3 is 4.42 Å². The van der Waals surface area contributed by atoms with E-state index in [-0.39, 0.29) is 0 Å². The van der Waals surface area contributed by atoms with E-state index in [1.807, 2.05) is 30.3 Å². The van der Waals surface area contributed by atoms with Crippen LogP contribution >= 0.6 is 0 Å². The Morgan fingerprint density at radius 3 is 1.29 bits per heavy atom. The van der Waals surface area contributed by atoms with Crippen molar-refractivity contribution >= 4 is 43.6 Å². The molecule has 3 heterocycles. The summed E-state index contributed by atoms with van der Waals surface area (Å²) in [4.78, 5) is 15.6. The SMILES string of the molecule is c1ccc(-c2ccc(-c3cc(-c4ccc(-c5ccccc5)cc4)nc(-c4ccc(-c5ccc(-c6nc7ccccc7c7c6ccc6c8ccccc8oc67)cc5)cc4)n3)cc2)cc1. The number of hydrogen-bond donors (Lipinski definition) is 0. The van der Waals surface area contributed by atoms with Crippen molar-refractivity contribution in [3.05, 3.63) is 224 Å². The molecule has 0 amide bonds. The number of furan rings is 1. The minimum absolute atomic E-state index is 0.677. The Hall–Kier alpha value is -8.47. The predicted octanol–water partition coefficient (Wildman–Crippen LogP) is 15.7. The van der Waals surface area contributed by atoms with Crippen LogP contribution in [0.5, 0.6) is 0 Å². The van der Waals surface area contributed by atoms with Gasteiger partial charge in [0.1, 0.15) is 11.2 Å². The normalized spacial score (nSPS) is 11.5. The Balaban J connectivity index is 0.892. The number of hydrogen-bond acceptors (Lipinski definition) is 4. The molecular formula is C59H37N3O. The van der Waals surface area contributed by atoms with Crippen molar-refractivity contribution in [3.8, 4) is 78.5 Å². The second-order valence-electron chi connectivity index (χ2n) is 15.9. The minimum atomic E-state index is 0.677. The summed E-state index contributed by atoms with van der Waals surface area (Å²) in [5.74, 6) is 0.677. The van der Waals surface area contributed by atoms with Crippen molar-refractivity contribution in [2.45, 2.75) is 0 Å². The maximum Gasteiger partial charge on any atom is 0.160 e. The Morgan fingerprint density at radius 1 is 0.286 bits per heavy atom. The van der Waals surface area contributed by atoms with E-state index in [1.165, 1.54) is 22.3 Å². The van der Waals surface area contributed by atoms with Crippen molar-refractivity contribution in [1.82, 2.24) is 15.0 Å². The van der Waals surface area contributed by atoms with Gasteiger partial charge in [-0.2, -0.15) is 0 Å². The van der Waals surface area contributed by atoms with Crippen LogP contribution in [0.4, 0.5) is 0 Å². The lowest BCUT2D eigenvalue weighted by atomic mass is 9.96. The van der Waals surface area contributed by atoms with Gasteiger partial charge in [-0.15, -0.1) is 0 Å². The molecule has 0 aliphatic heterocycles. The zero-order valence-electron chi connectivity index (χ0n) is 34.1. The molecule has 0 saturated carbocycles. The molecule has 0 bridgehead atoms. The molecule has 0 radical (unpaired) electrons. The summed E-state index contributed by atoms with van der Waals surface area (Å²) in [6.07, 6.45) is 0. The highest BCUT2D eigenvalue weighted by molar-refractivity contribution is 6.24. The topological polar surface area (TPSA) is 51.8 Å². The van der Waals surface area contributed by atoms with Crippen LogP contribution in [-0.2, 0) is 0 Å². The molecule has 294 valence electrons. The summed E-state index contributed by atoms with van der Waals surface area (Å²) in [7, 11) is 0. The van der Waals surface area contributed by atoms with E-state index in [0.29, 0.717) is 5.82 Å². The molecule has 12 rings (SSSR count). The Bertz CT molecular complexity index is 3520. The third-order valence-corrected chi connectivity index (χ3v) is 12.1. The third-order valence-electron chi connectivity index (χ3n) is 12.1. The van der Waals surface area contributed by atoms with Crippen molar-refractivity contribution in [2.75, 3.05) is 0 Å². The van der Waals surface area contributed by atoms with E-state index >= 15 is 0 Å². The van der Waals surface area contributed by atoms with Crippen LogP contribution in [0.1, 0.15) is 0 Å². The first-order chi connectivity index (χ1) is 31.2. The number of pyridine rings is 1. The van der Waals surface area contributed by atoms with Crippen LogP contribution < -0.4 is 0 Å². The summed E-state index contributed by atoms with van der Waals surface area (Å²) in [5, 5.41) is 5.48. The zero-order chi connectivity index (χ0) is 41.7. The second kappa shape index (κ2) is 15.2. The fourth-order valence-electron chi connectivity index (χ4n) is 8.87. The minimum Gasteiger partial charge on any atom is -0.455 e. The summed E-state index contributed by atoms with van der Waals surface area (Å²) >= 11 is 0. The van der Waals surface area contributed by atoms with Crippen LogP contribution in [0, 0.1) is 0 Å². The number of rotatable bonds is 7. The first-order valence-electron chi connectivity index (χ1n) is 21.2. The number of para-hydroxylation sites is 2. The lowest BCUT2D eigenvalue weighted by Crippen LogP contribution is -1.96. The first kappa shape index (κ1) is 36.4. The first-order valence-corrected chi connectivity index (χ1v) is 21.2. The molecular weight excluding hydrogens is 767 g/mol. The van der Waals surface area contributed by atoms with Crippen molar-refractivity contribution in [1.29, 1.82) is 0 Å². The van der Waals surface area contributed by atoms with Crippen LogP contribution in [0.2, 0.25) is 0 Å². The molecule has 0 aliphatic carbocycles. The maximum absolute atomic E-state index is 6.54. The van der Waals surface area contributed by atoms with E-state index in [4.69, 9.17) is 19.4 Å². The van der Waals surface area contributed by atoms with Gasteiger partial charge in [-0.1, -0.05) is 200 Å². The Morgan fingerprint density at radius 2 is 0.714 bits per heavy atom. The third kappa shape index (κ3) is 6.62. The van der Waals surface area contributed by atoms with E-state index < -0.39 is 0 Å². The quantitative estimate of drug-likeness (QED) is 0.151. The average Bonchev–Trinajstić information content (AvgIpc) is 3.76. The maximum atomic E-state index is 6.54. The number of nitrogens with zero attached hydrogens (tertiary/aromatic N) is 3. The largest absolute Gasteiger partial charge is 0.455 e. The molecule has 3 aromatic heterocycles. The van der Waals surface area contributed by atoms with Gasteiger partial charge in [0.15, 0.2) is 5.82 Å². The van der Waals surface area contributed by atoms with E-state index in [0.717, 1.165) is 94.1 Å². The monoisotopic (exact) mass is 803 g/mol. The van der Waals surface area contributed by atoms with E-state index in [2.05, 4.69) is 194 Å². The van der Waals surface area contributed by atoms with Gasteiger partial charge in [0.2, 0.25) is 0 Å². The van der Waals surface area contributed by atoms with Crippen molar-refractivity contribution in [3.63, 3.8) is 0 Å². The smallest absolute Gasteiger partial charge is 0.160 e. The molecule has 0 spiro atoms. The molecule has 0 atom stereocenters. The lowest BCUT2D eigenvalue weighted by molar-refractivity contribution is 0.673. The molecule has 0 unspecified atom stereocenters. The molecule has 12 aromatic rings. The second-order valence-corrected chi connectivity index (χ2v) is 15.9. The Labute approximate surface area is 364 Å². The van der Waals surface area contributed by atoms with E-state index in [1.54, 1.807) is 0 Å². The van der Waals surface area contributed by atoms with Crippen LogP contribution in [0.3, 0.4) is 0 Å². The van der Waals surface area contributed by atoms with Crippen LogP contribution in [0.15, 0.2) is 229 Å². The van der Waals surface area contributed by atoms with E-state index in [9.17, 15) is 0 Å². The highest BCUT2D eigenvalue weighted by Crippen LogP contribution is 2.41. The molecule has 0 N–H and O–H groups in total. The summed E-state index contributed by atoms with van der Waals surface area (Å²) in [6, 6.07) is 78.5. The summed E-state index contributed by atoms with van der Waals surface area (Å²) < 4.78 is 6.54. The fraction of sp³-hybridized carbons (Fsp3) is 0. The zero-order valence-corrected chi connectivity index (χ0v) is 34.1. The number of aromatic nitrogens is 3. The van der Waals surface area contributed by atoms with Gasteiger partial charge in [0.05, 0.1) is 22.6 Å². The van der Waals surface area contributed by atoms with Crippen LogP contribution in [0.25, 0.3) is 122 Å². The van der Waals surface area contributed by atoms with Gasteiger partial charge in [-0.3, -0.25) is 0 Å². The molecule has 9 aromatic carbocycles. The van der Waals surface area contributed by atoms with Crippen molar-refractivity contribution in [2.24, 2.45) is 0 Å². The van der Waals surface area contributed by atoms with Gasteiger partial charge in [0.25, 0.3) is 0 Å². The standard InChI is InChI=1S/C59H37N3O/c1-3-11-38(12-4-1)40-19-27-44(28-20-40)53-37-54(45-29-21-41(22-30-45)39-13-5-2-6-14-39)62-59(61-53)47-33-25-43(26-34-47)42-23-31-46(32-24-42)57-51-36-35-49-48-15-8-10-18-55(48)63-58(49)56(51)50-16-7-9-17-52(50)60-57/h1-37H. The number of benzene rings is 9. The van der Waals surface area contributed by atoms with Crippen LogP contribution in [-0.4, -0.2) is 15.0 Å². The molecule has 4 heteroatoms. The Kier molecular flexibility index (Phi) is 8.79. The summed E-state index contributed by atoms with van der Waals surface area (Å²) in [6.45, 7) is 0. The van der Waals surface area contributed by atoms with Gasteiger partial charge >= 0.3 is 0 Å². The lowest BCUT2D eigenvalue weighted by Gasteiger charge is -2.12.